The number of ether oxygens (including phenoxy) is 2. The predicted molar refractivity (Wildman–Crippen MR) is 126 cm³/mol. The van der Waals surface area contributed by atoms with Crippen molar-refractivity contribution in [2.75, 3.05) is 52.5 Å². The van der Waals surface area contributed by atoms with Crippen LogP contribution in [0, 0.1) is 0 Å². The van der Waals surface area contributed by atoms with Gasteiger partial charge in [-0.05, 0) is 62.6 Å². The highest BCUT2D eigenvalue weighted by Crippen LogP contribution is 2.32. The Labute approximate surface area is 191 Å². The largest absolute Gasteiger partial charge is 0.492 e. The molecule has 0 heterocycles. The number of ketones is 2. The summed E-state index contributed by atoms with van der Waals surface area (Å²) in [6.45, 7) is 15.0. The van der Waals surface area contributed by atoms with Gasteiger partial charge in [-0.1, -0.05) is 27.7 Å². The van der Waals surface area contributed by atoms with E-state index in [1.54, 1.807) is 36.4 Å². The molecule has 32 heavy (non-hydrogen) atoms. The van der Waals surface area contributed by atoms with Crippen LogP contribution in [0.15, 0.2) is 36.4 Å². The molecule has 172 valence electrons. The molecule has 6 heteroatoms. The van der Waals surface area contributed by atoms with E-state index in [9.17, 15) is 9.59 Å². The molecule has 1 aliphatic rings. The van der Waals surface area contributed by atoms with E-state index in [0.29, 0.717) is 47.0 Å². The molecule has 0 fully saturated rings. The van der Waals surface area contributed by atoms with Crippen LogP contribution < -0.4 is 9.47 Å². The van der Waals surface area contributed by atoms with Crippen molar-refractivity contribution < 1.29 is 19.1 Å². The van der Waals surface area contributed by atoms with E-state index in [-0.39, 0.29) is 11.6 Å². The molecule has 0 N–H and O–H groups in total. The summed E-state index contributed by atoms with van der Waals surface area (Å²) >= 11 is 0. The smallest absolute Gasteiger partial charge is 0.194 e. The molecule has 1 aliphatic carbocycles. The maximum absolute atomic E-state index is 13.1. The molecule has 0 saturated heterocycles. The zero-order valence-corrected chi connectivity index (χ0v) is 19.6. The number of carbonyl (C=O) groups is 2. The van der Waals surface area contributed by atoms with Crippen LogP contribution in [0.3, 0.4) is 0 Å². The maximum atomic E-state index is 13.1. The monoisotopic (exact) mass is 438 g/mol. The van der Waals surface area contributed by atoms with E-state index in [0.717, 1.165) is 39.3 Å². The highest BCUT2D eigenvalue weighted by Gasteiger charge is 2.30. The quantitative estimate of drug-likeness (QED) is 0.427. The lowest BCUT2D eigenvalue weighted by atomic mass is 9.84. The highest BCUT2D eigenvalue weighted by atomic mass is 16.5. The fourth-order valence-corrected chi connectivity index (χ4v) is 3.95. The first-order valence-corrected chi connectivity index (χ1v) is 11.6. The Morgan fingerprint density at radius 3 is 1.31 bits per heavy atom. The molecule has 0 unspecified atom stereocenters. The summed E-state index contributed by atoms with van der Waals surface area (Å²) in [5, 5.41) is 0. The summed E-state index contributed by atoms with van der Waals surface area (Å²) in [5.74, 6) is 0.908. The average molecular weight is 439 g/mol. The van der Waals surface area contributed by atoms with Crippen LogP contribution in [0.25, 0.3) is 0 Å². The van der Waals surface area contributed by atoms with Crippen molar-refractivity contribution in [3.8, 4) is 11.5 Å². The molecule has 0 radical (unpaired) electrons. The Balaban J connectivity index is 1.72. The lowest BCUT2D eigenvalue weighted by Gasteiger charge is -2.21. The molecule has 0 atom stereocenters. The third kappa shape index (κ3) is 5.37. The maximum Gasteiger partial charge on any atom is 0.194 e. The fraction of sp³-hybridized carbons (Fsp3) is 0.462. The van der Waals surface area contributed by atoms with Crippen molar-refractivity contribution in [1.82, 2.24) is 9.80 Å². The third-order valence-electron chi connectivity index (χ3n) is 6.10. The minimum absolute atomic E-state index is 0.154. The normalized spacial score (nSPS) is 12.8. The van der Waals surface area contributed by atoms with E-state index >= 15 is 0 Å². The van der Waals surface area contributed by atoms with Gasteiger partial charge in [0, 0.05) is 35.3 Å². The van der Waals surface area contributed by atoms with Gasteiger partial charge in [-0.25, -0.2) is 0 Å². The summed E-state index contributed by atoms with van der Waals surface area (Å²) in [6, 6.07) is 10.3. The number of likely N-dealkylation sites (N-methyl/N-ethyl adjacent to an activating group) is 2. The molecule has 0 spiro atoms. The highest BCUT2D eigenvalue weighted by molar-refractivity contribution is 6.28. The summed E-state index contributed by atoms with van der Waals surface area (Å²) < 4.78 is 11.7. The number of rotatable bonds is 12. The van der Waals surface area contributed by atoms with Crippen molar-refractivity contribution in [1.29, 1.82) is 0 Å². The van der Waals surface area contributed by atoms with Gasteiger partial charge < -0.3 is 19.3 Å². The van der Waals surface area contributed by atoms with E-state index < -0.39 is 0 Å². The van der Waals surface area contributed by atoms with E-state index in [1.807, 2.05) is 0 Å². The molecule has 0 saturated carbocycles. The summed E-state index contributed by atoms with van der Waals surface area (Å²) in [7, 11) is 0. The molecular formula is C26H34N2O4. The van der Waals surface area contributed by atoms with Crippen molar-refractivity contribution in [3.63, 3.8) is 0 Å². The first-order chi connectivity index (χ1) is 15.5. The fourth-order valence-electron chi connectivity index (χ4n) is 3.95. The lowest BCUT2D eigenvalue weighted by molar-refractivity contribution is 0.0978. The van der Waals surface area contributed by atoms with Crippen molar-refractivity contribution in [2.24, 2.45) is 0 Å². The van der Waals surface area contributed by atoms with Crippen molar-refractivity contribution in [3.05, 3.63) is 58.7 Å². The Hall–Kier alpha value is -2.70. The standard InChI is InChI=1S/C26H34N2O4/c1-5-27(6-2)13-15-31-19-9-11-21-23(17-19)25(29)22-12-10-20(18-24(22)26(21)30)32-16-14-28(7-3)8-4/h9-12,17-18H,5-8,13-16H2,1-4H3. The minimum atomic E-state index is -0.154. The van der Waals surface area contributed by atoms with Gasteiger partial charge in [-0.15, -0.1) is 0 Å². The van der Waals surface area contributed by atoms with Crippen molar-refractivity contribution in [2.45, 2.75) is 27.7 Å². The van der Waals surface area contributed by atoms with Gasteiger partial charge in [0.2, 0.25) is 0 Å². The Bertz CT molecular complexity index is 871. The number of hydrogen-bond acceptors (Lipinski definition) is 6. The SMILES string of the molecule is CCN(CC)CCOc1ccc2c(c1)C(=O)c1ccc(OCCN(CC)CC)cc1C2=O. The summed E-state index contributed by atoms with van der Waals surface area (Å²) in [5.41, 5.74) is 1.63. The van der Waals surface area contributed by atoms with Gasteiger partial charge >= 0.3 is 0 Å². The number of carbonyl (C=O) groups excluding carboxylic acids is 2. The first kappa shape index (κ1) is 24.0. The Morgan fingerprint density at radius 1 is 0.594 bits per heavy atom. The molecule has 2 aromatic rings. The van der Waals surface area contributed by atoms with Gasteiger partial charge in [0.15, 0.2) is 11.6 Å². The topological polar surface area (TPSA) is 59.1 Å². The zero-order chi connectivity index (χ0) is 23.1. The summed E-state index contributed by atoms with van der Waals surface area (Å²) in [4.78, 5) is 30.8. The number of nitrogens with zero attached hydrogens (tertiary/aromatic N) is 2. The number of hydrogen-bond donors (Lipinski definition) is 0. The van der Waals surface area contributed by atoms with E-state index in [2.05, 4.69) is 37.5 Å². The molecule has 6 nitrogen and oxygen atoms in total. The second-order valence-corrected chi connectivity index (χ2v) is 7.82. The third-order valence-corrected chi connectivity index (χ3v) is 6.10. The number of benzene rings is 2. The minimum Gasteiger partial charge on any atom is -0.492 e. The molecule has 0 bridgehead atoms. The molecule has 0 aromatic heterocycles. The Kier molecular flexibility index (Phi) is 8.42. The van der Waals surface area contributed by atoms with Gasteiger partial charge in [-0.3, -0.25) is 9.59 Å². The molecule has 0 amide bonds. The second kappa shape index (κ2) is 11.2. The Morgan fingerprint density at radius 2 is 0.969 bits per heavy atom. The molecular weight excluding hydrogens is 404 g/mol. The van der Waals surface area contributed by atoms with Gasteiger partial charge in [0.05, 0.1) is 0 Å². The number of fused-ring (bicyclic) bond motifs is 2. The van der Waals surface area contributed by atoms with Gasteiger partial charge in [0.1, 0.15) is 24.7 Å². The molecule has 0 aliphatic heterocycles. The second-order valence-electron chi connectivity index (χ2n) is 7.82. The van der Waals surface area contributed by atoms with Crippen LogP contribution in [0.2, 0.25) is 0 Å². The van der Waals surface area contributed by atoms with Crippen LogP contribution in [0.5, 0.6) is 11.5 Å². The van der Waals surface area contributed by atoms with Crippen LogP contribution in [-0.2, 0) is 0 Å². The zero-order valence-electron chi connectivity index (χ0n) is 19.6. The average Bonchev–Trinajstić information content (AvgIpc) is 2.83. The van der Waals surface area contributed by atoms with Crippen LogP contribution in [-0.4, -0.2) is 73.8 Å². The first-order valence-electron chi connectivity index (χ1n) is 11.6. The predicted octanol–water partition coefficient (Wildman–Crippen LogP) is 3.90. The van der Waals surface area contributed by atoms with Crippen molar-refractivity contribution >= 4 is 11.6 Å². The van der Waals surface area contributed by atoms with E-state index in [4.69, 9.17) is 9.47 Å². The van der Waals surface area contributed by atoms with Crippen LogP contribution in [0.1, 0.15) is 59.5 Å². The van der Waals surface area contributed by atoms with Crippen LogP contribution in [0.4, 0.5) is 0 Å². The lowest BCUT2D eigenvalue weighted by Crippen LogP contribution is -2.28. The van der Waals surface area contributed by atoms with Gasteiger partial charge in [0.25, 0.3) is 0 Å². The summed E-state index contributed by atoms with van der Waals surface area (Å²) in [6.07, 6.45) is 0. The van der Waals surface area contributed by atoms with Gasteiger partial charge in [-0.2, -0.15) is 0 Å². The van der Waals surface area contributed by atoms with Crippen LogP contribution >= 0.6 is 0 Å². The molecule has 3 rings (SSSR count). The van der Waals surface area contributed by atoms with E-state index in [1.165, 1.54) is 0 Å². The molecule has 2 aromatic carbocycles.